The minimum absolute atomic E-state index is 0.150. The average molecular weight is 288 g/mol. The summed E-state index contributed by atoms with van der Waals surface area (Å²) < 4.78 is 19.0. The van der Waals surface area contributed by atoms with E-state index in [1.807, 2.05) is 0 Å². The summed E-state index contributed by atoms with van der Waals surface area (Å²) in [6.45, 7) is 3.17. The van der Waals surface area contributed by atoms with Gasteiger partial charge in [-0.2, -0.15) is 0 Å². The SMILES string of the molecule is O=C(N[C@H]1CN2CCC1CC2)c1cc2cccc(F)c2o1. The molecule has 4 nitrogen and oxygen atoms in total. The molecule has 5 rings (SSSR count). The first-order valence-electron chi connectivity index (χ1n) is 7.42. The summed E-state index contributed by atoms with van der Waals surface area (Å²) in [5.41, 5.74) is 0.150. The number of rotatable bonds is 2. The molecule has 3 aliphatic rings. The number of furan rings is 1. The molecule has 5 heteroatoms. The number of nitrogens with zero attached hydrogens (tertiary/aromatic N) is 1. The highest BCUT2D eigenvalue weighted by molar-refractivity contribution is 5.96. The fraction of sp³-hybridized carbons (Fsp3) is 0.438. The van der Waals surface area contributed by atoms with Crippen LogP contribution in [0.5, 0.6) is 0 Å². The molecular weight excluding hydrogens is 271 g/mol. The lowest BCUT2D eigenvalue weighted by Gasteiger charge is -2.44. The van der Waals surface area contributed by atoms with E-state index >= 15 is 0 Å². The zero-order chi connectivity index (χ0) is 14.4. The molecule has 2 aromatic rings. The second kappa shape index (κ2) is 4.84. The quantitative estimate of drug-likeness (QED) is 0.923. The van der Waals surface area contributed by atoms with Gasteiger partial charge in [0, 0.05) is 18.0 Å². The van der Waals surface area contributed by atoms with Gasteiger partial charge in [0.25, 0.3) is 5.91 Å². The Kier molecular flexibility index (Phi) is 2.96. The number of halogens is 1. The minimum atomic E-state index is -0.436. The topological polar surface area (TPSA) is 45.5 Å². The Labute approximate surface area is 121 Å². The number of carbonyl (C=O) groups is 1. The van der Waals surface area contributed by atoms with Crippen LogP contribution in [0.15, 0.2) is 28.7 Å². The molecule has 1 aromatic heterocycles. The second-order valence-electron chi connectivity index (χ2n) is 5.99. The molecule has 3 saturated heterocycles. The standard InChI is InChI=1S/C16H17FN2O2/c17-12-3-1-2-11-8-14(21-15(11)12)16(20)18-13-9-19-6-4-10(13)5-7-19/h1-3,8,10,13H,4-7,9H2,(H,18,20)/t13-/m0/s1. The van der Waals surface area contributed by atoms with Crippen molar-refractivity contribution in [3.05, 3.63) is 35.8 Å². The van der Waals surface area contributed by atoms with Crippen LogP contribution in [0, 0.1) is 11.7 Å². The monoisotopic (exact) mass is 288 g/mol. The smallest absolute Gasteiger partial charge is 0.287 e. The highest BCUT2D eigenvalue weighted by atomic mass is 19.1. The number of nitrogens with one attached hydrogen (secondary N) is 1. The molecule has 21 heavy (non-hydrogen) atoms. The van der Waals surface area contributed by atoms with Crippen molar-refractivity contribution in [1.29, 1.82) is 0 Å². The number of para-hydroxylation sites is 1. The lowest BCUT2D eigenvalue weighted by atomic mass is 9.84. The van der Waals surface area contributed by atoms with Crippen LogP contribution in [-0.4, -0.2) is 36.5 Å². The van der Waals surface area contributed by atoms with E-state index in [0.29, 0.717) is 11.3 Å². The van der Waals surface area contributed by atoms with Gasteiger partial charge in [0.2, 0.25) is 0 Å². The Morgan fingerprint density at radius 2 is 2.14 bits per heavy atom. The van der Waals surface area contributed by atoms with Crippen molar-refractivity contribution in [2.24, 2.45) is 5.92 Å². The Bertz CT molecular complexity index is 689. The number of benzene rings is 1. The Balaban J connectivity index is 1.55. The number of hydrogen-bond donors (Lipinski definition) is 1. The van der Waals surface area contributed by atoms with Crippen molar-refractivity contribution < 1.29 is 13.6 Å². The molecule has 2 bridgehead atoms. The molecule has 3 aliphatic heterocycles. The normalized spacial score (nSPS) is 28.0. The number of carbonyl (C=O) groups excluding carboxylic acids is 1. The predicted molar refractivity (Wildman–Crippen MR) is 76.6 cm³/mol. The van der Waals surface area contributed by atoms with Gasteiger partial charge in [-0.15, -0.1) is 0 Å². The maximum atomic E-state index is 13.6. The first kappa shape index (κ1) is 12.8. The molecular formula is C16H17FN2O2. The summed E-state index contributed by atoms with van der Waals surface area (Å²) in [5, 5.41) is 3.67. The summed E-state index contributed by atoms with van der Waals surface area (Å²) in [5.74, 6) is 0.0605. The van der Waals surface area contributed by atoms with Crippen LogP contribution in [0.25, 0.3) is 11.0 Å². The zero-order valence-electron chi connectivity index (χ0n) is 11.6. The number of hydrogen-bond acceptors (Lipinski definition) is 3. The molecule has 0 spiro atoms. The van der Waals surface area contributed by atoms with Gasteiger partial charge in [-0.1, -0.05) is 12.1 Å². The molecule has 0 aliphatic carbocycles. The second-order valence-corrected chi connectivity index (χ2v) is 5.99. The third-order valence-electron chi connectivity index (χ3n) is 4.69. The van der Waals surface area contributed by atoms with E-state index in [0.717, 1.165) is 32.5 Å². The van der Waals surface area contributed by atoms with E-state index in [4.69, 9.17) is 4.42 Å². The van der Waals surface area contributed by atoms with Crippen molar-refractivity contribution in [2.45, 2.75) is 18.9 Å². The number of amides is 1. The molecule has 1 aromatic carbocycles. The maximum absolute atomic E-state index is 13.6. The molecule has 110 valence electrons. The largest absolute Gasteiger partial charge is 0.448 e. The molecule has 3 fully saturated rings. The fourth-order valence-corrected chi connectivity index (χ4v) is 3.51. The van der Waals surface area contributed by atoms with Gasteiger partial charge in [0.05, 0.1) is 0 Å². The molecule has 0 radical (unpaired) electrons. The van der Waals surface area contributed by atoms with Gasteiger partial charge in [-0.25, -0.2) is 4.39 Å². The van der Waals surface area contributed by atoms with Crippen LogP contribution in [-0.2, 0) is 0 Å². The van der Waals surface area contributed by atoms with Crippen molar-refractivity contribution >= 4 is 16.9 Å². The molecule has 0 unspecified atom stereocenters. The van der Waals surface area contributed by atoms with E-state index < -0.39 is 5.82 Å². The van der Waals surface area contributed by atoms with Crippen LogP contribution in [0.4, 0.5) is 4.39 Å². The van der Waals surface area contributed by atoms with Gasteiger partial charge in [0.1, 0.15) is 0 Å². The third kappa shape index (κ3) is 2.21. The predicted octanol–water partition coefficient (Wildman–Crippen LogP) is 2.40. The van der Waals surface area contributed by atoms with Gasteiger partial charge in [-0.3, -0.25) is 4.79 Å². The van der Waals surface area contributed by atoms with E-state index in [2.05, 4.69) is 10.2 Å². The van der Waals surface area contributed by atoms with E-state index in [1.54, 1.807) is 18.2 Å². The summed E-state index contributed by atoms with van der Waals surface area (Å²) >= 11 is 0. The highest BCUT2D eigenvalue weighted by Gasteiger charge is 2.35. The zero-order valence-corrected chi connectivity index (χ0v) is 11.6. The van der Waals surface area contributed by atoms with Gasteiger partial charge in [0.15, 0.2) is 17.2 Å². The highest BCUT2D eigenvalue weighted by Crippen LogP contribution is 2.28. The van der Waals surface area contributed by atoms with Crippen molar-refractivity contribution in [3.8, 4) is 0 Å². The summed E-state index contributed by atoms with van der Waals surface area (Å²) in [6.07, 6.45) is 2.28. The van der Waals surface area contributed by atoms with Crippen molar-refractivity contribution in [3.63, 3.8) is 0 Å². The number of fused-ring (bicyclic) bond motifs is 4. The minimum Gasteiger partial charge on any atom is -0.448 e. The van der Waals surface area contributed by atoms with Crippen molar-refractivity contribution in [2.75, 3.05) is 19.6 Å². The molecule has 1 atom stereocenters. The van der Waals surface area contributed by atoms with Crippen LogP contribution in [0.3, 0.4) is 0 Å². The van der Waals surface area contributed by atoms with Crippen LogP contribution >= 0.6 is 0 Å². The molecule has 4 heterocycles. The summed E-state index contributed by atoms with van der Waals surface area (Å²) in [4.78, 5) is 14.7. The lowest BCUT2D eigenvalue weighted by Crippen LogP contribution is -2.57. The van der Waals surface area contributed by atoms with E-state index in [9.17, 15) is 9.18 Å². The van der Waals surface area contributed by atoms with Crippen LogP contribution in [0.2, 0.25) is 0 Å². The third-order valence-corrected chi connectivity index (χ3v) is 4.69. The molecule has 0 saturated carbocycles. The fourth-order valence-electron chi connectivity index (χ4n) is 3.51. The molecule has 1 amide bonds. The summed E-state index contributed by atoms with van der Waals surface area (Å²) in [6, 6.07) is 6.48. The van der Waals surface area contributed by atoms with Gasteiger partial charge < -0.3 is 14.6 Å². The van der Waals surface area contributed by atoms with Gasteiger partial charge in [-0.05, 0) is 44.0 Å². The van der Waals surface area contributed by atoms with Gasteiger partial charge >= 0.3 is 0 Å². The van der Waals surface area contributed by atoms with Crippen LogP contribution < -0.4 is 5.32 Å². The Morgan fingerprint density at radius 1 is 1.33 bits per heavy atom. The molecule has 1 N–H and O–H groups in total. The first-order valence-corrected chi connectivity index (χ1v) is 7.42. The Morgan fingerprint density at radius 3 is 2.81 bits per heavy atom. The van der Waals surface area contributed by atoms with E-state index in [-0.39, 0.29) is 23.3 Å². The van der Waals surface area contributed by atoms with Crippen molar-refractivity contribution in [1.82, 2.24) is 10.2 Å². The lowest BCUT2D eigenvalue weighted by molar-refractivity contribution is 0.0607. The summed E-state index contributed by atoms with van der Waals surface area (Å²) in [7, 11) is 0. The van der Waals surface area contributed by atoms with E-state index in [1.165, 1.54) is 6.07 Å². The average Bonchev–Trinajstić information content (AvgIpc) is 2.94. The first-order chi connectivity index (χ1) is 10.2. The number of piperidine rings is 3. The maximum Gasteiger partial charge on any atom is 0.287 e. The van der Waals surface area contributed by atoms with Crippen LogP contribution in [0.1, 0.15) is 23.4 Å². The Hall–Kier alpha value is -1.88.